The Morgan fingerprint density at radius 2 is 1.67 bits per heavy atom. The van der Waals surface area contributed by atoms with Gasteiger partial charge in [-0.2, -0.15) is 0 Å². The number of carbonyl (C=O) groups is 2. The van der Waals surface area contributed by atoms with Gasteiger partial charge in [0.15, 0.2) is 0 Å². The number of anilines is 1. The summed E-state index contributed by atoms with van der Waals surface area (Å²) in [6.07, 6.45) is 1.55. The summed E-state index contributed by atoms with van der Waals surface area (Å²) in [5.74, 6) is -0.582. The lowest BCUT2D eigenvalue weighted by atomic mass is 10.0. The van der Waals surface area contributed by atoms with Crippen molar-refractivity contribution in [3.63, 3.8) is 0 Å². The largest absolute Gasteiger partial charge is 0.349 e. The molecule has 1 atom stereocenters. The van der Waals surface area contributed by atoms with Gasteiger partial charge in [0, 0.05) is 30.4 Å². The molecule has 2 amide bonds. The number of nitrogens with one attached hydrogen (secondary N) is 2. The van der Waals surface area contributed by atoms with E-state index in [2.05, 4.69) is 15.5 Å². The SMILES string of the molecule is CC(C(=O)Nc1ccccc1)N1CCC(NC(=O)c2ccc(F)cc2)CC1. The van der Waals surface area contributed by atoms with Crippen molar-refractivity contribution in [3.8, 4) is 0 Å². The number of halogens is 1. The molecule has 2 aromatic carbocycles. The Kier molecular flexibility index (Phi) is 6.19. The summed E-state index contributed by atoms with van der Waals surface area (Å²) in [4.78, 5) is 26.8. The molecule has 142 valence electrons. The van der Waals surface area contributed by atoms with Crippen LogP contribution in [0, 0.1) is 5.82 Å². The highest BCUT2D eigenvalue weighted by atomic mass is 19.1. The Hall–Kier alpha value is -2.73. The highest BCUT2D eigenvalue weighted by Crippen LogP contribution is 2.16. The molecule has 3 rings (SSSR count). The molecule has 1 aliphatic rings. The fourth-order valence-corrected chi connectivity index (χ4v) is 3.24. The van der Waals surface area contributed by atoms with Crippen LogP contribution in [0.15, 0.2) is 54.6 Å². The van der Waals surface area contributed by atoms with Crippen LogP contribution in [-0.2, 0) is 4.79 Å². The number of benzene rings is 2. The zero-order valence-corrected chi connectivity index (χ0v) is 15.3. The smallest absolute Gasteiger partial charge is 0.251 e. The zero-order valence-electron chi connectivity index (χ0n) is 15.3. The van der Waals surface area contributed by atoms with E-state index in [-0.39, 0.29) is 29.7 Å². The van der Waals surface area contributed by atoms with Gasteiger partial charge < -0.3 is 10.6 Å². The van der Waals surface area contributed by atoms with Crippen molar-refractivity contribution >= 4 is 17.5 Å². The highest BCUT2D eigenvalue weighted by Gasteiger charge is 2.27. The lowest BCUT2D eigenvalue weighted by Crippen LogP contribution is -2.50. The van der Waals surface area contributed by atoms with Gasteiger partial charge in [0.1, 0.15) is 5.82 Å². The Morgan fingerprint density at radius 1 is 1.04 bits per heavy atom. The number of para-hydroxylation sites is 1. The monoisotopic (exact) mass is 369 g/mol. The second-order valence-electron chi connectivity index (χ2n) is 6.82. The van der Waals surface area contributed by atoms with E-state index in [1.165, 1.54) is 24.3 Å². The first kappa shape index (κ1) is 19.0. The van der Waals surface area contributed by atoms with Crippen LogP contribution >= 0.6 is 0 Å². The van der Waals surface area contributed by atoms with E-state index in [1.54, 1.807) is 0 Å². The molecule has 1 heterocycles. The van der Waals surface area contributed by atoms with Gasteiger partial charge in [-0.05, 0) is 56.2 Å². The highest BCUT2D eigenvalue weighted by molar-refractivity contribution is 5.95. The summed E-state index contributed by atoms with van der Waals surface area (Å²) in [5, 5.41) is 5.92. The van der Waals surface area contributed by atoms with E-state index in [1.807, 2.05) is 37.3 Å². The molecule has 1 saturated heterocycles. The molecule has 0 aliphatic carbocycles. The van der Waals surface area contributed by atoms with Gasteiger partial charge in [0.05, 0.1) is 6.04 Å². The summed E-state index contributed by atoms with van der Waals surface area (Å²) < 4.78 is 13.0. The van der Waals surface area contributed by atoms with E-state index in [0.717, 1.165) is 31.6 Å². The number of piperidine rings is 1. The van der Waals surface area contributed by atoms with Crippen LogP contribution in [0.2, 0.25) is 0 Å². The van der Waals surface area contributed by atoms with Gasteiger partial charge in [0.2, 0.25) is 5.91 Å². The molecule has 0 spiro atoms. The molecule has 6 heteroatoms. The maximum absolute atomic E-state index is 13.0. The molecule has 1 aliphatic heterocycles. The topological polar surface area (TPSA) is 61.4 Å². The maximum atomic E-state index is 13.0. The van der Waals surface area contributed by atoms with Crippen LogP contribution in [0.4, 0.5) is 10.1 Å². The molecular formula is C21H24FN3O2. The van der Waals surface area contributed by atoms with Gasteiger partial charge in [-0.25, -0.2) is 4.39 Å². The van der Waals surface area contributed by atoms with Crippen LogP contribution in [0.5, 0.6) is 0 Å². The van der Waals surface area contributed by atoms with Crippen molar-refractivity contribution in [2.45, 2.75) is 31.8 Å². The lowest BCUT2D eigenvalue weighted by molar-refractivity contribution is -0.121. The third-order valence-electron chi connectivity index (χ3n) is 4.94. The number of nitrogens with zero attached hydrogens (tertiary/aromatic N) is 1. The van der Waals surface area contributed by atoms with Crippen LogP contribution in [0.1, 0.15) is 30.1 Å². The fraction of sp³-hybridized carbons (Fsp3) is 0.333. The van der Waals surface area contributed by atoms with Crippen molar-refractivity contribution < 1.29 is 14.0 Å². The molecule has 0 radical (unpaired) electrons. The summed E-state index contributed by atoms with van der Waals surface area (Å²) in [6.45, 7) is 3.37. The molecule has 1 fully saturated rings. The lowest BCUT2D eigenvalue weighted by Gasteiger charge is -2.35. The van der Waals surface area contributed by atoms with Gasteiger partial charge in [-0.3, -0.25) is 14.5 Å². The van der Waals surface area contributed by atoms with Crippen LogP contribution < -0.4 is 10.6 Å². The molecule has 5 nitrogen and oxygen atoms in total. The normalized spacial score (nSPS) is 16.5. The van der Waals surface area contributed by atoms with Gasteiger partial charge >= 0.3 is 0 Å². The average Bonchev–Trinajstić information content (AvgIpc) is 2.69. The Balaban J connectivity index is 1.47. The Morgan fingerprint density at radius 3 is 2.30 bits per heavy atom. The minimum absolute atomic E-state index is 0.0324. The van der Waals surface area contributed by atoms with Crippen molar-refractivity contribution in [3.05, 3.63) is 66.0 Å². The van der Waals surface area contributed by atoms with E-state index < -0.39 is 0 Å². The van der Waals surface area contributed by atoms with Crippen molar-refractivity contribution in [1.29, 1.82) is 0 Å². The minimum atomic E-state index is -0.359. The first-order valence-corrected chi connectivity index (χ1v) is 9.19. The zero-order chi connectivity index (χ0) is 19.2. The molecule has 1 unspecified atom stereocenters. The fourth-order valence-electron chi connectivity index (χ4n) is 3.24. The van der Waals surface area contributed by atoms with Crippen molar-refractivity contribution in [2.24, 2.45) is 0 Å². The van der Waals surface area contributed by atoms with Crippen LogP contribution in [0.3, 0.4) is 0 Å². The van der Waals surface area contributed by atoms with E-state index in [0.29, 0.717) is 5.56 Å². The predicted octanol–water partition coefficient (Wildman–Crippen LogP) is 3.05. The van der Waals surface area contributed by atoms with Gasteiger partial charge in [0.25, 0.3) is 5.91 Å². The van der Waals surface area contributed by atoms with Crippen molar-refractivity contribution in [2.75, 3.05) is 18.4 Å². The standard InChI is InChI=1S/C21H24FN3O2/c1-15(20(26)23-18-5-3-2-4-6-18)25-13-11-19(12-14-25)24-21(27)16-7-9-17(22)10-8-16/h2-10,15,19H,11-14H2,1H3,(H,23,26)(H,24,27). The van der Waals surface area contributed by atoms with Gasteiger partial charge in [-0.15, -0.1) is 0 Å². The third-order valence-corrected chi connectivity index (χ3v) is 4.94. The first-order valence-electron chi connectivity index (χ1n) is 9.19. The Labute approximate surface area is 158 Å². The second kappa shape index (κ2) is 8.77. The summed E-state index contributed by atoms with van der Waals surface area (Å²) in [7, 11) is 0. The number of hydrogen-bond donors (Lipinski definition) is 2. The third kappa shape index (κ3) is 5.14. The minimum Gasteiger partial charge on any atom is -0.349 e. The number of amides is 2. The molecular weight excluding hydrogens is 345 g/mol. The molecule has 2 N–H and O–H groups in total. The molecule has 2 aromatic rings. The molecule has 27 heavy (non-hydrogen) atoms. The molecule has 0 aromatic heterocycles. The average molecular weight is 369 g/mol. The predicted molar refractivity (Wildman–Crippen MR) is 103 cm³/mol. The van der Waals surface area contributed by atoms with Crippen LogP contribution in [0.25, 0.3) is 0 Å². The van der Waals surface area contributed by atoms with E-state index in [4.69, 9.17) is 0 Å². The number of rotatable bonds is 5. The van der Waals surface area contributed by atoms with E-state index >= 15 is 0 Å². The second-order valence-corrected chi connectivity index (χ2v) is 6.82. The maximum Gasteiger partial charge on any atom is 0.251 e. The summed E-state index contributed by atoms with van der Waals surface area (Å²) in [5.41, 5.74) is 1.24. The Bertz CT molecular complexity index is 772. The number of likely N-dealkylation sites (tertiary alicyclic amines) is 1. The number of carbonyl (C=O) groups excluding carboxylic acids is 2. The quantitative estimate of drug-likeness (QED) is 0.852. The molecule has 0 bridgehead atoms. The molecule has 0 saturated carbocycles. The van der Waals surface area contributed by atoms with Gasteiger partial charge in [-0.1, -0.05) is 18.2 Å². The van der Waals surface area contributed by atoms with E-state index in [9.17, 15) is 14.0 Å². The summed E-state index contributed by atoms with van der Waals surface area (Å²) >= 11 is 0. The summed E-state index contributed by atoms with van der Waals surface area (Å²) in [6, 6.07) is 14.8. The number of hydrogen-bond acceptors (Lipinski definition) is 3. The van der Waals surface area contributed by atoms with Crippen LogP contribution in [-0.4, -0.2) is 41.9 Å². The first-order chi connectivity index (χ1) is 13.0. The van der Waals surface area contributed by atoms with Crippen molar-refractivity contribution in [1.82, 2.24) is 10.2 Å².